The van der Waals surface area contributed by atoms with Crippen LogP contribution in [0.5, 0.6) is 5.75 Å². The van der Waals surface area contributed by atoms with Gasteiger partial charge in [-0.05, 0) is 37.3 Å². The van der Waals surface area contributed by atoms with Crippen molar-refractivity contribution < 1.29 is 13.5 Å². The van der Waals surface area contributed by atoms with Crippen molar-refractivity contribution in [2.75, 3.05) is 7.11 Å². The summed E-state index contributed by atoms with van der Waals surface area (Å²) < 4.78 is 24.1. The van der Waals surface area contributed by atoms with E-state index in [9.17, 15) is 4.39 Å². The fourth-order valence-electron chi connectivity index (χ4n) is 2.23. The Hall–Kier alpha value is -2.27. The minimum Gasteiger partial charge on any atom is -0.496 e. The highest BCUT2D eigenvalue weighted by atomic mass is 32.2. The highest BCUT2D eigenvalue weighted by Gasteiger charge is 2.10. The minimum atomic E-state index is -0.269. The molecule has 0 bridgehead atoms. The Labute approximate surface area is 138 Å². The second-order valence-electron chi connectivity index (χ2n) is 5.10. The maximum absolute atomic E-state index is 13.0. The number of aryl methyl sites for hydroxylation is 1. The predicted molar refractivity (Wildman–Crippen MR) is 89.2 cm³/mol. The van der Waals surface area contributed by atoms with Gasteiger partial charge in [0.25, 0.3) is 5.22 Å². The lowest BCUT2D eigenvalue weighted by atomic mass is 10.1. The lowest BCUT2D eigenvalue weighted by Gasteiger charge is -2.08. The molecule has 3 nitrogen and oxygen atoms in total. The molecule has 23 heavy (non-hydrogen) atoms. The Morgan fingerprint density at radius 3 is 2.70 bits per heavy atom. The number of benzene rings is 2. The van der Waals surface area contributed by atoms with Crippen LogP contribution in [0.1, 0.15) is 11.1 Å². The topological polar surface area (TPSA) is 35.3 Å². The molecule has 0 aliphatic carbocycles. The van der Waals surface area contributed by atoms with Gasteiger partial charge in [0.15, 0.2) is 5.76 Å². The molecule has 1 heterocycles. The lowest BCUT2D eigenvalue weighted by Crippen LogP contribution is -1.91. The highest BCUT2D eigenvalue weighted by Crippen LogP contribution is 2.30. The van der Waals surface area contributed by atoms with Gasteiger partial charge in [-0.25, -0.2) is 9.37 Å². The van der Waals surface area contributed by atoms with Crippen molar-refractivity contribution in [1.82, 2.24) is 4.98 Å². The Kier molecular flexibility index (Phi) is 4.67. The van der Waals surface area contributed by atoms with Crippen LogP contribution in [-0.2, 0) is 5.75 Å². The van der Waals surface area contributed by atoms with Gasteiger partial charge in [-0.3, -0.25) is 0 Å². The van der Waals surface area contributed by atoms with Gasteiger partial charge in [-0.1, -0.05) is 29.5 Å². The second-order valence-corrected chi connectivity index (χ2v) is 6.03. The van der Waals surface area contributed by atoms with Crippen LogP contribution in [0.3, 0.4) is 0 Å². The van der Waals surface area contributed by atoms with Gasteiger partial charge in [0.2, 0.25) is 0 Å². The molecule has 5 heteroatoms. The number of hydrogen-bond acceptors (Lipinski definition) is 4. The van der Waals surface area contributed by atoms with Crippen molar-refractivity contribution in [3.05, 3.63) is 65.6 Å². The van der Waals surface area contributed by atoms with E-state index in [2.05, 4.69) is 11.1 Å². The molecule has 0 atom stereocenters. The summed E-state index contributed by atoms with van der Waals surface area (Å²) in [6.45, 7) is 2.05. The summed E-state index contributed by atoms with van der Waals surface area (Å²) in [4.78, 5) is 4.27. The van der Waals surface area contributed by atoms with Crippen LogP contribution in [0.15, 0.2) is 58.3 Å². The molecule has 0 saturated carbocycles. The van der Waals surface area contributed by atoms with Crippen molar-refractivity contribution >= 4 is 11.8 Å². The first-order valence-electron chi connectivity index (χ1n) is 7.14. The van der Waals surface area contributed by atoms with Crippen LogP contribution in [0.2, 0.25) is 0 Å². The van der Waals surface area contributed by atoms with E-state index in [0.29, 0.717) is 16.7 Å². The maximum atomic E-state index is 13.0. The standard InChI is InChI=1S/C18H16FNO2S/c1-12-3-8-16(21-2)14(9-12)11-23-18-20-10-17(22-18)13-4-6-15(19)7-5-13/h3-10H,11H2,1-2H3. The fraction of sp³-hybridized carbons (Fsp3) is 0.167. The van der Waals surface area contributed by atoms with E-state index in [1.54, 1.807) is 25.4 Å². The molecule has 118 valence electrons. The quantitative estimate of drug-likeness (QED) is 0.611. The van der Waals surface area contributed by atoms with E-state index >= 15 is 0 Å². The smallest absolute Gasteiger partial charge is 0.256 e. The first-order valence-corrected chi connectivity index (χ1v) is 8.12. The van der Waals surface area contributed by atoms with Gasteiger partial charge in [-0.15, -0.1) is 0 Å². The molecule has 0 aliphatic heterocycles. The molecule has 0 radical (unpaired) electrons. The van der Waals surface area contributed by atoms with E-state index < -0.39 is 0 Å². The number of hydrogen-bond donors (Lipinski definition) is 0. The van der Waals surface area contributed by atoms with Crippen LogP contribution < -0.4 is 4.74 Å². The van der Waals surface area contributed by atoms with Gasteiger partial charge in [0, 0.05) is 16.9 Å². The number of aromatic nitrogens is 1. The number of ether oxygens (including phenoxy) is 1. The summed E-state index contributed by atoms with van der Waals surface area (Å²) in [6.07, 6.45) is 1.66. The Morgan fingerprint density at radius 1 is 1.17 bits per heavy atom. The van der Waals surface area contributed by atoms with Gasteiger partial charge < -0.3 is 9.15 Å². The molecule has 3 rings (SSSR count). The summed E-state index contributed by atoms with van der Waals surface area (Å²) in [5.41, 5.74) is 3.08. The number of halogens is 1. The summed E-state index contributed by atoms with van der Waals surface area (Å²) in [5.74, 6) is 1.92. The van der Waals surface area contributed by atoms with Gasteiger partial charge in [0.1, 0.15) is 11.6 Å². The molecule has 0 spiro atoms. The normalized spacial score (nSPS) is 10.7. The van der Waals surface area contributed by atoms with Gasteiger partial charge in [0.05, 0.1) is 13.3 Å². The van der Waals surface area contributed by atoms with Crippen molar-refractivity contribution in [1.29, 1.82) is 0 Å². The van der Waals surface area contributed by atoms with Crippen molar-refractivity contribution in [3.8, 4) is 17.1 Å². The van der Waals surface area contributed by atoms with E-state index in [0.717, 1.165) is 16.9 Å². The highest BCUT2D eigenvalue weighted by molar-refractivity contribution is 7.98. The number of oxazole rings is 1. The van der Waals surface area contributed by atoms with Crippen molar-refractivity contribution in [2.24, 2.45) is 0 Å². The Balaban J connectivity index is 1.72. The molecule has 0 fully saturated rings. The molecule has 2 aromatic carbocycles. The van der Waals surface area contributed by atoms with E-state index in [4.69, 9.17) is 9.15 Å². The average Bonchev–Trinajstić information content (AvgIpc) is 3.03. The largest absolute Gasteiger partial charge is 0.496 e. The zero-order chi connectivity index (χ0) is 16.2. The molecular weight excluding hydrogens is 313 g/mol. The lowest BCUT2D eigenvalue weighted by molar-refractivity contribution is 0.411. The fourth-order valence-corrected chi connectivity index (χ4v) is 3.01. The summed E-state index contributed by atoms with van der Waals surface area (Å²) in [5, 5.41) is 0.577. The molecule has 0 N–H and O–H groups in total. The monoisotopic (exact) mass is 329 g/mol. The zero-order valence-electron chi connectivity index (χ0n) is 12.9. The van der Waals surface area contributed by atoms with E-state index in [-0.39, 0.29) is 5.82 Å². The van der Waals surface area contributed by atoms with E-state index in [1.165, 1.54) is 29.5 Å². The number of thioether (sulfide) groups is 1. The third-order valence-corrected chi connectivity index (χ3v) is 4.29. The summed E-state index contributed by atoms with van der Waals surface area (Å²) in [7, 11) is 1.66. The molecule has 0 amide bonds. The van der Waals surface area contributed by atoms with Gasteiger partial charge in [-0.2, -0.15) is 0 Å². The van der Waals surface area contributed by atoms with Crippen LogP contribution >= 0.6 is 11.8 Å². The molecule has 0 saturated heterocycles. The first-order chi connectivity index (χ1) is 11.2. The molecule has 1 aromatic heterocycles. The zero-order valence-corrected chi connectivity index (χ0v) is 13.7. The van der Waals surface area contributed by atoms with Crippen LogP contribution in [0.25, 0.3) is 11.3 Å². The Morgan fingerprint density at radius 2 is 1.96 bits per heavy atom. The van der Waals surface area contributed by atoms with Crippen LogP contribution in [-0.4, -0.2) is 12.1 Å². The summed E-state index contributed by atoms with van der Waals surface area (Å²) >= 11 is 1.50. The second kappa shape index (κ2) is 6.87. The summed E-state index contributed by atoms with van der Waals surface area (Å²) in [6, 6.07) is 12.2. The van der Waals surface area contributed by atoms with Crippen molar-refractivity contribution in [3.63, 3.8) is 0 Å². The van der Waals surface area contributed by atoms with Crippen molar-refractivity contribution in [2.45, 2.75) is 17.9 Å². The SMILES string of the molecule is COc1ccc(C)cc1CSc1ncc(-c2ccc(F)cc2)o1. The number of rotatable bonds is 5. The van der Waals surface area contributed by atoms with Gasteiger partial charge >= 0.3 is 0 Å². The predicted octanol–water partition coefficient (Wildman–Crippen LogP) is 5.09. The maximum Gasteiger partial charge on any atom is 0.256 e. The van der Waals surface area contributed by atoms with Crippen LogP contribution in [0, 0.1) is 12.7 Å². The molecule has 0 unspecified atom stereocenters. The Bertz CT molecular complexity index is 799. The third-order valence-electron chi connectivity index (χ3n) is 3.40. The average molecular weight is 329 g/mol. The number of methoxy groups -OCH3 is 1. The molecular formula is C18H16FNO2S. The van der Waals surface area contributed by atoms with Crippen LogP contribution in [0.4, 0.5) is 4.39 Å². The minimum absolute atomic E-state index is 0.269. The molecule has 3 aromatic rings. The third kappa shape index (κ3) is 3.74. The van der Waals surface area contributed by atoms with E-state index in [1.807, 2.05) is 19.1 Å². The number of nitrogens with zero attached hydrogens (tertiary/aromatic N) is 1. The first kappa shape index (κ1) is 15.6. The molecule has 0 aliphatic rings.